The van der Waals surface area contributed by atoms with Crippen molar-refractivity contribution in [3.05, 3.63) is 75.5 Å². The SMILES string of the molecule is Nc1nonc1-n1nnc(C(=O)NN=Cc2c(Cl)cccc2Cl)c1CNc1ccccc1. The fraction of sp³-hybridized carbons (Fsp3) is 0.0526. The monoisotopic (exact) mass is 471 g/mol. The molecule has 32 heavy (non-hydrogen) atoms. The highest BCUT2D eigenvalue weighted by molar-refractivity contribution is 6.38. The van der Waals surface area contributed by atoms with Crippen molar-refractivity contribution in [2.75, 3.05) is 11.1 Å². The molecule has 0 bridgehead atoms. The highest BCUT2D eigenvalue weighted by atomic mass is 35.5. The van der Waals surface area contributed by atoms with Gasteiger partial charge < -0.3 is 11.1 Å². The van der Waals surface area contributed by atoms with Gasteiger partial charge in [0.25, 0.3) is 5.91 Å². The van der Waals surface area contributed by atoms with Gasteiger partial charge in [0.15, 0.2) is 5.69 Å². The minimum atomic E-state index is -0.615. The van der Waals surface area contributed by atoms with Gasteiger partial charge in [-0.2, -0.15) is 9.78 Å². The summed E-state index contributed by atoms with van der Waals surface area (Å²) in [6.45, 7) is 0.173. The van der Waals surface area contributed by atoms with Crippen LogP contribution in [0.15, 0.2) is 58.3 Å². The van der Waals surface area contributed by atoms with Crippen LogP contribution < -0.4 is 16.5 Å². The van der Waals surface area contributed by atoms with E-state index in [1.807, 2.05) is 30.3 Å². The molecular weight excluding hydrogens is 457 g/mol. The summed E-state index contributed by atoms with van der Waals surface area (Å²) < 4.78 is 5.91. The second-order valence-electron chi connectivity index (χ2n) is 6.32. The number of aromatic nitrogens is 5. The first-order chi connectivity index (χ1) is 15.5. The van der Waals surface area contributed by atoms with E-state index in [0.29, 0.717) is 21.3 Å². The molecule has 13 heteroatoms. The second kappa shape index (κ2) is 9.45. The first-order valence-electron chi connectivity index (χ1n) is 9.14. The Morgan fingerprint density at radius 1 is 1.12 bits per heavy atom. The van der Waals surface area contributed by atoms with Gasteiger partial charge in [-0.05, 0) is 34.6 Å². The number of halogens is 2. The number of amides is 1. The smallest absolute Gasteiger partial charge is 0.293 e. The van der Waals surface area contributed by atoms with E-state index in [1.54, 1.807) is 18.2 Å². The molecule has 0 aliphatic heterocycles. The van der Waals surface area contributed by atoms with Crippen molar-refractivity contribution in [2.24, 2.45) is 5.10 Å². The van der Waals surface area contributed by atoms with E-state index in [4.69, 9.17) is 28.9 Å². The fourth-order valence-corrected chi connectivity index (χ4v) is 3.22. The minimum absolute atomic E-state index is 0.00163. The van der Waals surface area contributed by atoms with E-state index >= 15 is 0 Å². The van der Waals surface area contributed by atoms with Crippen LogP contribution >= 0.6 is 23.2 Å². The third-order valence-electron chi connectivity index (χ3n) is 4.27. The first-order valence-corrected chi connectivity index (χ1v) is 9.89. The maximum atomic E-state index is 12.8. The van der Waals surface area contributed by atoms with Gasteiger partial charge in [0.1, 0.15) is 0 Å². The molecule has 0 aliphatic rings. The van der Waals surface area contributed by atoms with Gasteiger partial charge in [-0.3, -0.25) is 4.79 Å². The number of hydrogen-bond donors (Lipinski definition) is 3. The third kappa shape index (κ3) is 4.53. The Kier molecular flexibility index (Phi) is 6.29. The van der Waals surface area contributed by atoms with Gasteiger partial charge in [0, 0.05) is 11.3 Å². The van der Waals surface area contributed by atoms with Crippen molar-refractivity contribution in [3.8, 4) is 5.82 Å². The van der Waals surface area contributed by atoms with E-state index in [2.05, 4.69) is 41.1 Å². The molecule has 4 rings (SSSR count). The molecule has 0 aliphatic carbocycles. The van der Waals surface area contributed by atoms with E-state index in [0.717, 1.165) is 5.69 Å². The number of nitrogens with one attached hydrogen (secondary N) is 2. The van der Waals surface area contributed by atoms with Crippen LogP contribution in [0, 0.1) is 0 Å². The zero-order chi connectivity index (χ0) is 22.5. The maximum Gasteiger partial charge on any atom is 0.293 e. The lowest BCUT2D eigenvalue weighted by molar-refractivity contribution is 0.0949. The lowest BCUT2D eigenvalue weighted by Gasteiger charge is -2.08. The highest BCUT2D eigenvalue weighted by Crippen LogP contribution is 2.22. The Bertz CT molecular complexity index is 1250. The number of nitrogens with zero attached hydrogens (tertiary/aromatic N) is 6. The molecular formula is C19H15Cl2N9O2. The number of para-hydroxylation sites is 1. The molecule has 0 spiro atoms. The Morgan fingerprint density at radius 2 is 1.88 bits per heavy atom. The second-order valence-corrected chi connectivity index (χ2v) is 7.14. The number of carbonyl (C=O) groups is 1. The molecule has 0 unspecified atom stereocenters. The van der Waals surface area contributed by atoms with E-state index < -0.39 is 5.91 Å². The van der Waals surface area contributed by atoms with Crippen LogP contribution in [0.1, 0.15) is 21.7 Å². The van der Waals surface area contributed by atoms with Gasteiger partial charge in [-0.1, -0.05) is 52.7 Å². The van der Waals surface area contributed by atoms with Crippen molar-refractivity contribution < 1.29 is 9.42 Å². The molecule has 4 aromatic rings. The predicted octanol–water partition coefficient (Wildman–Crippen LogP) is 2.92. The van der Waals surface area contributed by atoms with E-state index in [1.165, 1.54) is 10.9 Å². The van der Waals surface area contributed by atoms with Crippen molar-refractivity contribution in [1.29, 1.82) is 0 Å². The van der Waals surface area contributed by atoms with Crippen molar-refractivity contribution >= 4 is 46.8 Å². The summed E-state index contributed by atoms with van der Waals surface area (Å²) in [5.74, 6) is -0.516. The Balaban J connectivity index is 1.59. The summed E-state index contributed by atoms with van der Waals surface area (Å²) in [4.78, 5) is 12.8. The summed E-state index contributed by atoms with van der Waals surface area (Å²) in [6.07, 6.45) is 1.34. The lowest BCUT2D eigenvalue weighted by Crippen LogP contribution is -2.21. The summed E-state index contributed by atoms with van der Waals surface area (Å²) in [5, 5.41) is 23.1. The van der Waals surface area contributed by atoms with Crippen LogP contribution in [0.3, 0.4) is 0 Å². The summed E-state index contributed by atoms with van der Waals surface area (Å²) in [7, 11) is 0. The third-order valence-corrected chi connectivity index (χ3v) is 4.93. The van der Waals surface area contributed by atoms with Crippen LogP contribution in [0.4, 0.5) is 11.5 Å². The Hall–Kier alpha value is -3.96. The van der Waals surface area contributed by atoms with Crippen molar-refractivity contribution in [2.45, 2.75) is 6.54 Å². The average molecular weight is 472 g/mol. The van der Waals surface area contributed by atoms with Crippen LogP contribution in [-0.4, -0.2) is 37.4 Å². The number of nitrogen functional groups attached to an aromatic ring is 1. The number of benzene rings is 2. The molecule has 0 atom stereocenters. The van der Waals surface area contributed by atoms with Crippen molar-refractivity contribution in [3.63, 3.8) is 0 Å². The molecule has 2 aromatic carbocycles. The predicted molar refractivity (Wildman–Crippen MR) is 119 cm³/mol. The van der Waals surface area contributed by atoms with Crippen LogP contribution in [-0.2, 0) is 6.54 Å². The lowest BCUT2D eigenvalue weighted by atomic mass is 10.2. The van der Waals surface area contributed by atoms with Gasteiger partial charge in [-0.15, -0.1) is 5.10 Å². The van der Waals surface area contributed by atoms with Crippen molar-refractivity contribution in [1.82, 2.24) is 30.7 Å². The molecule has 162 valence electrons. The van der Waals surface area contributed by atoms with E-state index in [9.17, 15) is 4.79 Å². The molecule has 0 radical (unpaired) electrons. The zero-order valence-electron chi connectivity index (χ0n) is 16.2. The summed E-state index contributed by atoms with van der Waals surface area (Å²) in [6, 6.07) is 14.4. The molecule has 11 nitrogen and oxygen atoms in total. The normalized spacial score (nSPS) is 11.1. The average Bonchev–Trinajstić information content (AvgIpc) is 3.40. The molecule has 0 saturated heterocycles. The van der Waals surface area contributed by atoms with E-state index in [-0.39, 0.29) is 23.9 Å². The van der Waals surface area contributed by atoms with Gasteiger partial charge in [0.2, 0.25) is 11.6 Å². The first kappa shape index (κ1) is 21.3. The van der Waals surface area contributed by atoms with Gasteiger partial charge in [0.05, 0.1) is 28.5 Å². The Labute approximate surface area is 191 Å². The molecule has 0 saturated carbocycles. The molecule has 2 heterocycles. The Morgan fingerprint density at radius 3 is 2.56 bits per heavy atom. The van der Waals surface area contributed by atoms with Crippen LogP contribution in [0.5, 0.6) is 0 Å². The molecule has 4 N–H and O–H groups in total. The molecule has 0 fully saturated rings. The summed E-state index contributed by atoms with van der Waals surface area (Å²) >= 11 is 12.2. The number of hydrazone groups is 1. The number of anilines is 2. The maximum absolute atomic E-state index is 12.8. The van der Waals surface area contributed by atoms with Crippen LogP contribution in [0.2, 0.25) is 10.0 Å². The number of rotatable bonds is 7. The van der Waals surface area contributed by atoms with Gasteiger partial charge in [-0.25, -0.2) is 10.1 Å². The number of nitrogens with two attached hydrogens (primary N) is 1. The standard InChI is InChI=1S/C19H15Cl2N9O2/c20-13-7-4-8-14(21)12(13)9-24-26-19(31)16-15(10-23-11-5-2-1-3-6-11)30(29-25-16)18-17(22)27-32-28-18/h1-9,23H,10H2,(H2,22,27)(H,26,31). The number of carbonyl (C=O) groups excluding carboxylic acids is 1. The number of hydrogen-bond acceptors (Lipinski definition) is 9. The fourth-order valence-electron chi connectivity index (χ4n) is 2.73. The topological polar surface area (TPSA) is 149 Å². The van der Waals surface area contributed by atoms with Gasteiger partial charge >= 0.3 is 0 Å². The minimum Gasteiger partial charge on any atom is -0.379 e. The molecule has 2 aromatic heterocycles. The van der Waals surface area contributed by atoms with Crippen LogP contribution in [0.25, 0.3) is 5.82 Å². The highest BCUT2D eigenvalue weighted by Gasteiger charge is 2.23. The molecule has 1 amide bonds. The zero-order valence-corrected chi connectivity index (χ0v) is 17.7. The largest absolute Gasteiger partial charge is 0.379 e. The quantitative estimate of drug-likeness (QED) is 0.275. The summed E-state index contributed by atoms with van der Waals surface area (Å²) in [5.41, 5.74) is 9.82.